The molecule has 2 aliphatic heterocycles. The lowest BCUT2D eigenvalue weighted by atomic mass is 9.89. The Labute approximate surface area is 182 Å². The van der Waals surface area contributed by atoms with E-state index in [9.17, 15) is 18.5 Å². The summed E-state index contributed by atoms with van der Waals surface area (Å²) < 4.78 is 33.4. The Morgan fingerprint density at radius 3 is 2.39 bits per heavy atom. The van der Waals surface area contributed by atoms with Gasteiger partial charge in [0.25, 0.3) is 5.69 Å². The van der Waals surface area contributed by atoms with E-state index < -0.39 is 14.9 Å². The van der Waals surface area contributed by atoms with Crippen LogP contribution >= 0.6 is 0 Å². The van der Waals surface area contributed by atoms with E-state index in [2.05, 4.69) is 12.1 Å². The molecule has 31 heavy (non-hydrogen) atoms. The molecule has 0 amide bonds. The SMILES string of the molecule is COc1cccc(C2CCN(c3ccc([N+](=O)[O-])cc3S(=O)(=O)N3CCCC3)CC2)c1. The second-order valence-electron chi connectivity index (χ2n) is 8.06. The topological polar surface area (TPSA) is 93.0 Å². The highest BCUT2D eigenvalue weighted by Crippen LogP contribution is 2.37. The highest BCUT2D eigenvalue weighted by Gasteiger charge is 2.33. The number of rotatable bonds is 6. The van der Waals surface area contributed by atoms with Crippen LogP contribution in [0.1, 0.15) is 37.2 Å². The lowest BCUT2D eigenvalue weighted by molar-refractivity contribution is -0.385. The summed E-state index contributed by atoms with van der Waals surface area (Å²) in [5.74, 6) is 1.19. The van der Waals surface area contributed by atoms with E-state index in [1.807, 2.05) is 17.0 Å². The van der Waals surface area contributed by atoms with Crippen LogP contribution in [0.5, 0.6) is 5.75 Å². The van der Waals surface area contributed by atoms with Crippen LogP contribution in [0.4, 0.5) is 11.4 Å². The van der Waals surface area contributed by atoms with Crippen LogP contribution in [0.2, 0.25) is 0 Å². The summed E-state index contributed by atoms with van der Waals surface area (Å²) in [4.78, 5) is 12.9. The summed E-state index contributed by atoms with van der Waals surface area (Å²) in [6.45, 7) is 2.29. The maximum atomic E-state index is 13.3. The third-order valence-electron chi connectivity index (χ3n) is 6.24. The van der Waals surface area contributed by atoms with Crippen molar-refractivity contribution in [3.63, 3.8) is 0 Å². The minimum atomic E-state index is -3.78. The number of hydrogen-bond acceptors (Lipinski definition) is 6. The summed E-state index contributed by atoms with van der Waals surface area (Å²) >= 11 is 0. The molecule has 0 radical (unpaired) electrons. The molecule has 4 rings (SSSR count). The van der Waals surface area contributed by atoms with Gasteiger partial charge in [0, 0.05) is 38.3 Å². The van der Waals surface area contributed by atoms with Crippen molar-refractivity contribution in [1.82, 2.24) is 4.31 Å². The zero-order valence-electron chi connectivity index (χ0n) is 17.6. The Kier molecular flexibility index (Phi) is 6.15. The Bertz CT molecular complexity index is 1060. The summed E-state index contributed by atoms with van der Waals surface area (Å²) in [6, 6.07) is 12.3. The van der Waals surface area contributed by atoms with Gasteiger partial charge in [-0.1, -0.05) is 12.1 Å². The number of hydrogen-bond donors (Lipinski definition) is 0. The molecule has 2 heterocycles. The largest absolute Gasteiger partial charge is 0.497 e. The monoisotopic (exact) mass is 445 g/mol. The van der Waals surface area contributed by atoms with Gasteiger partial charge < -0.3 is 9.64 Å². The molecule has 0 N–H and O–H groups in total. The van der Waals surface area contributed by atoms with Crippen molar-refractivity contribution in [2.24, 2.45) is 0 Å². The van der Waals surface area contributed by atoms with Crippen LogP contribution in [0.3, 0.4) is 0 Å². The van der Waals surface area contributed by atoms with Crippen molar-refractivity contribution in [1.29, 1.82) is 0 Å². The normalized spacial score (nSPS) is 18.3. The number of sulfonamides is 1. The first kappa shape index (κ1) is 21.6. The third kappa shape index (κ3) is 4.38. The molecule has 2 aliphatic rings. The number of piperidine rings is 1. The molecule has 0 atom stereocenters. The average Bonchev–Trinajstić information content (AvgIpc) is 3.35. The van der Waals surface area contributed by atoms with Crippen molar-refractivity contribution >= 4 is 21.4 Å². The standard InChI is InChI=1S/C22H27N3O5S/c1-30-20-6-4-5-18(15-20)17-9-13-23(14-10-17)21-8-7-19(25(26)27)16-22(21)31(28,29)24-11-2-3-12-24/h4-8,15-17H,2-3,9-14H2,1H3. The minimum absolute atomic E-state index is 0.0448. The van der Waals surface area contributed by atoms with Gasteiger partial charge in [-0.25, -0.2) is 8.42 Å². The predicted molar refractivity (Wildman–Crippen MR) is 118 cm³/mol. The molecule has 2 aromatic carbocycles. The van der Waals surface area contributed by atoms with Crippen molar-refractivity contribution in [3.8, 4) is 5.75 Å². The molecule has 0 aromatic heterocycles. The molecule has 0 unspecified atom stereocenters. The van der Waals surface area contributed by atoms with E-state index >= 15 is 0 Å². The van der Waals surface area contributed by atoms with E-state index in [0.29, 0.717) is 37.8 Å². The van der Waals surface area contributed by atoms with E-state index in [0.717, 1.165) is 31.4 Å². The molecule has 2 saturated heterocycles. The van der Waals surface area contributed by atoms with Crippen molar-refractivity contribution in [3.05, 3.63) is 58.1 Å². The number of nitrogens with zero attached hydrogens (tertiary/aromatic N) is 3. The maximum Gasteiger partial charge on any atom is 0.270 e. The van der Waals surface area contributed by atoms with Gasteiger partial charge in [-0.15, -0.1) is 0 Å². The molecule has 0 aliphatic carbocycles. The van der Waals surface area contributed by atoms with Crippen molar-refractivity contribution in [2.45, 2.75) is 36.5 Å². The predicted octanol–water partition coefficient (Wildman–Crippen LogP) is 3.77. The summed E-state index contributed by atoms with van der Waals surface area (Å²) in [6.07, 6.45) is 3.37. The van der Waals surface area contributed by atoms with Crippen LogP contribution in [0.15, 0.2) is 47.4 Å². The second-order valence-corrected chi connectivity index (χ2v) is 9.96. The van der Waals surface area contributed by atoms with Crippen LogP contribution in [0.25, 0.3) is 0 Å². The van der Waals surface area contributed by atoms with Gasteiger partial charge in [-0.3, -0.25) is 10.1 Å². The lowest BCUT2D eigenvalue weighted by Crippen LogP contribution is -2.35. The van der Waals surface area contributed by atoms with E-state index in [1.54, 1.807) is 13.2 Å². The molecule has 9 heteroatoms. The number of methoxy groups -OCH3 is 1. The van der Waals surface area contributed by atoms with Gasteiger partial charge in [0.1, 0.15) is 10.6 Å². The van der Waals surface area contributed by atoms with Gasteiger partial charge in [0.2, 0.25) is 10.0 Å². The molecule has 8 nitrogen and oxygen atoms in total. The number of non-ortho nitro benzene ring substituents is 1. The fourth-order valence-electron chi connectivity index (χ4n) is 4.50. The fourth-order valence-corrected chi connectivity index (χ4v) is 6.25. The van der Waals surface area contributed by atoms with Gasteiger partial charge in [0.05, 0.1) is 17.7 Å². The zero-order valence-corrected chi connectivity index (χ0v) is 18.4. The number of benzene rings is 2. The summed E-state index contributed by atoms with van der Waals surface area (Å²) in [7, 11) is -2.13. The number of nitro groups is 1. The molecular weight excluding hydrogens is 418 g/mol. The first-order valence-electron chi connectivity index (χ1n) is 10.6. The van der Waals surface area contributed by atoms with Gasteiger partial charge >= 0.3 is 0 Å². The molecule has 2 fully saturated rings. The zero-order chi connectivity index (χ0) is 22.0. The minimum Gasteiger partial charge on any atom is -0.497 e. The summed E-state index contributed by atoms with van der Waals surface area (Å²) in [5.41, 5.74) is 1.57. The number of nitro benzene ring substituents is 1. The van der Waals surface area contributed by atoms with E-state index in [-0.39, 0.29) is 10.6 Å². The second kappa shape index (κ2) is 8.84. The lowest BCUT2D eigenvalue weighted by Gasteiger charge is -2.35. The Morgan fingerprint density at radius 1 is 1.03 bits per heavy atom. The smallest absolute Gasteiger partial charge is 0.270 e. The average molecular weight is 446 g/mol. The van der Waals surface area contributed by atoms with Gasteiger partial charge in [0.15, 0.2) is 0 Å². The first-order valence-corrected chi connectivity index (χ1v) is 12.0. The molecule has 0 saturated carbocycles. The highest BCUT2D eigenvalue weighted by atomic mass is 32.2. The van der Waals surface area contributed by atoms with Crippen molar-refractivity contribution in [2.75, 3.05) is 38.2 Å². The molecule has 166 valence electrons. The van der Waals surface area contributed by atoms with Crippen LogP contribution in [0, 0.1) is 10.1 Å². The Hall–Kier alpha value is -2.65. The van der Waals surface area contributed by atoms with Crippen LogP contribution < -0.4 is 9.64 Å². The maximum absolute atomic E-state index is 13.3. The van der Waals surface area contributed by atoms with Crippen LogP contribution in [-0.2, 0) is 10.0 Å². The van der Waals surface area contributed by atoms with Crippen LogP contribution in [-0.4, -0.2) is 50.9 Å². The highest BCUT2D eigenvalue weighted by molar-refractivity contribution is 7.89. The molecular formula is C22H27N3O5S. The van der Waals surface area contributed by atoms with E-state index in [1.165, 1.54) is 22.0 Å². The summed E-state index contributed by atoms with van der Waals surface area (Å²) in [5, 5.41) is 11.3. The molecule has 0 spiro atoms. The molecule has 2 aromatic rings. The van der Waals surface area contributed by atoms with Crippen molar-refractivity contribution < 1.29 is 18.1 Å². The number of anilines is 1. The first-order chi connectivity index (χ1) is 14.9. The fraction of sp³-hybridized carbons (Fsp3) is 0.455. The van der Waals surface area contributed by atoms with Gasteiger partial charge in [-0.05, 0) is 55.4 Å². The Morgan fingerprint density at radius 2 is 1.74 bits per heavy atom. The van der Waals surface area contributed by atoms with Gasteiger partial charge in [-0.2, -0.15) is 4.31 Å². The van der Waals surface area contributed by atoms with E-state index in [4.69, 9.17) is 4.74 Å². The Balaban J connectivity index is 1.60. The quantitative estimate of drug-likeness (QED) is 0.496. The third-order valence-corrected chi connectivity index (χ3v) is 8.17. The number of ether oxygens (including phenoxy) is 1. The molecule has 0 bridgehead atoms.